The average Bonchev–Trinajstić information content (AvgIpc) is 2.67. The molecule has 1 amide bonds. The Hall–Kier alpha value is -2.34. The number of likely N-dealkylation sites (tertiary alicyclic amines) is 1. The van der Waals surface area contributed by atoms with Gasteiger partial charge in [-0.3, -0.25) is 4.79 Å². The van der Waals surface area contributed by atoms with Crippen molar-refractivity contribution in [3.63, 3.8) is 0 Å². The van der Waals surface area contributed by atoms with Gasteiger partial charge in [-0.2, -0.15) is 5.26 Å². The number of nitrogens with zero attached hydrogens (tertiary/aromatic N) is 2. The maximum Gasteiger partial charge on any atom is 0.227 e. The highest BCUT2D eigenvalue weighted by Gasteiger charge is 2.52. The van der Waals surface area contributed by atoms with E-state index < -0.39 is 6.04 Å². The number of ether oxygens (including phenoxy) is 1. The number of amides is 1. The number of carbonyl (C=O) groups excluding carboxylic acids is 1. The standard InChI is InChI=1S/C22H26N2O3/c1-15(2)3-4-16-5-7-17(8-6-16)21-19(13-23)24(20(21)14-25)22(26)18-9-11-27-12-10-18/h5-8,15,18-21,25H,9-12,14H2,1-2H3/t19-,20+,21-/m0/s1. The maximum absolute atomic E-state index is 12.9. The van der Waals surface area contributed by atoms with Crippen LogP contribution in [0.2, 0.25) is 0 Å². The van der Waals surface area contributed by atoms with Crippen molar-refractivity contribution in [2.45, 2.75) is 44.7 Å². The van der Waals surface area contributed by atoms with E-state index in [0.717, 1.165) is 11.1 Å². The normalized spacial score (nSPS) is 25.3. The van der Waals surface area contributed by atoms with Gasteiger partial charge in [-0.15, -0.1) is 0 Å². The van der Waals surface area contributed by atoms with Crippen molar-refractivity contribution in [1.82, 2.24) is 4.90 Å². The van der Waals surface area contributed by atoms with Crippen LogP contribution in [-0.4, -0.2) is 47.8 Å². The number of rotatable bonds is 3. The Bertz CT molecular complexity index is 763. The molecule has 5 heteroatoms. The molecule has 3 atom stereocenters. The summed E-state index contributed by atoms with van der Waals surface area (Å²) in [5.74, 6) is 6.25. The highest BCUT2D eigenvalue weighted by atomic mass is 16.5. The number of carbonyl (C=O) groups is 1. The van der Waals surface area contributed by atoms with Crippen LogP contribution in [-0.2, 0) is 9.53 Å². The second kappa shape index (κ2) is 8.57. The number of benzene rings is 1. The molecule has 1 aromatic rings. The van der Waals surface area contributed by atoms with Gasteiger partial charge in [0.05, 0.1) is 18.7 Å². The molecule has 0 radical (unpaired) electrons. The molecule has 2 aliphatic rings. The zero-order valence-electron chi connectivity index (χ0n) is 15.9. The van der Waals surface area contributed by atoms with Crippen LogP contribution in [0.5, 0.6) is 0 Å². The first-order chi connectivity index (χ1) is 13.1. The van der Waals surface area contributed by atoms with E-state index in [1.54, 1.807) is 4.90 Å². The second-order valence-corrected chi connectivity index (χ2v) is 7.53. The van der Waals surface area contributed by atoms with Crippen molar-refractivity contribution in [3.8, 4) is 17.9 Å². The minimum absolute atomic E-state index is 0.0282. The third kappa shape index (κ3) is 4.00. The summed E-state index contributed by atoms with van der Waals surface area (Å²) in [7, 11) is 0. The lowest BCUT2D eigenvalue weighted by atomic mass is 9.74. The van der Waals surface area contributed by atoms with E-state index in [9.17, 15) is 15.2 Å². The van der Waals surface area contributed by atoms with Crippen molar-refractivity contribution in [2.24, 2.45) is 11.8 Å². The molecule has 0 bridgehead atoms. The number of aliphatic hydroxyl groups excluding tert-OH is 1. The van der Waals surface area contributed by atoms with Gasteiger partial charge in [-0.25, -0.2) is 0 Å². The summed E-state index contributed by atoms with van der Waals surface area (Å²) in [4.78, 5) is 14.5. The summed E-state index contributed by atoms with van der Waals surface area (Å²) < 4.78 is 5.33. The van der Waals surface area contributed by atoms with E-state index in [1.807, 2.05) is 38.1 Å². The smallest absolute Gasteiger partial charge is 0.227 e. The van der Waals surface area contributed by atoms with Crippen molar-refractivity contribution in [1.29, 1.82) is 5.26 Å². The van der Waals surface area contributed by atoms with Crippen LogP contribution >= 0.6 is 0 Å². The van der Waals surface area contributed by atoms with Crippen molar-refractivity contribution >= 4 is 5.91 Å². The van der Waals surface area contributed by atoms with E-state index >= 15 is 0 Å². The molecule has 2 aliphatic heterocycles. The third-order valence-corrected chi connectivity index (χ3v) is 5.36. The molecule has 2 heterocycles. The lowest BCUT2D eigenvalue weighted by Gasteiger charge is -2.52. The van der Waals surface area contributed by atoms with Gasteiger partial charge >= 0.3 is 0 Å². The highest BCUT2D eigenvalue weighted by Crippen LogP contribution is 2.42. The van der Waals surface area contributed by atoms with E-state index in [0.29, 0.717) is 32.0 Å². The van der Waals surface area contributed by atoms with Crippen LogP contribution in [0.4, 0.5) is 0 Å². The fourth-order valence-electron chi connectivity index (χ4n) is 3.88. The van der Waals surface area contributed by atoms with Crippen LogP contribution in [0.25, 0.3) is 0 Å². The monoisotopic (exact) mass is 366 g/mol. The number of hydrogen-bond acceptors (Lipinski definition) is 4. The molecule has 0 aliphatic carbocycles. The lowest BCUT2D eigenvalue weighted by Crippen LogP contribution is -2.66. The predicted molar refractivity (Wildman–Crippen MR) is 102 cm³/mol. The Morgan fingerprint density at radius 1 is 1.30 bits per heavy atom. The minimum atomic E-state index is -0.537. The molecule has 0 spiro atoms. The van der Waals surface area contributed by atoms with Crippen LogP contribution < -0.4 is 0 Å². The van der Waals surface area contributed by atoms with E-state index in [-0.39, 0.29) is 30.4 Å². The molecule has 142 valence electrons. The molecule has 5 nitrogen and oxygen atoms in total. The molecule has 3 rings (SSSR count). The summed E-state index contributed by atoms with van der Waals surface area (Å²) in [6.45, 7) is 5.10. The van der Waals surface area contributed by atoms with Crippen LogP contribution in [0, 0.1) is 35.0 Å². The van der Waals surface area contributed by atoms with Gasteiger partial charge in [0.1, 0.15) is 6.04 Å². The summed E-state index contributed by atoms with van der Waals surface area (Å²) in [5.41, 5.74) is 1.89. The van der Waals surface area contributed by atoms with Gasteiger partial charge in [0.25, 0.3) is 0 Å². The Labute approximate surface area is 160 Å². The maximum atomic E-state index is 12.9. The Morgan fingerprint density at radius 2 is 1.96 bits per heavy atom. The summed E-state index contributed by atoms with van der Waals surface area (Å²) in [6.07, 6.45) is 1.36. The number of aliphatic hydroxyl groups is 1. The molecule has 2 fully saturated rings. The molecule has 0 unspecified atom stereocenters. The first-order valence-electron chi connectivity index (χ1n) is 9.58. The van der Waals surface area contributed by atoms with Gasteiger partial charge in [-0.05, 0) is 30.5 Å². The quantitative estimate of drug-likeness (QED) is 0.833. The fourth-order valence-corrected chi connectivity index (χ4v) is 3.88. The Balaban J connectivity index is 1.77. The third-order valence-electron chi connectivity index (χ3n) is 5.36. The molecule has 0 aromatic heterocycles. The Morgan fingerprint density at radius 3 is 2.52 bits per heavy atom. The second-order valence-electron chi connectivity index (χ2n) is 7.53. The average molecular weight is 366 g/mol. The van der Waals surface area contributed by atoms with Crippen molar-refractivity contribution in [2.75, 3.05) is 19.8 Å². The van der Waals surface area contributed by atoms with Crippen LogP contribution in [0.15, 0.2) is 24.3 Å². The van der Waals surface area contributed by atoms with Gasteiger partial charge in [0.15, 0.2) is 0 Å². The molecular weight excluding hydrogens is 340 g/mol. The number of hydrogen-bond donors (Lipinski definition) is 1. The van der Waals surface area contributed by atoms with Gasteiger partial charge in [-0.1, -0.05) is 37.8 Å². The zero-order valence-corrected chi connectivity index (χ0v) is 15.9. The summed E-state index contributed by atoms with van der Waals surface area (Å²) >= 11 is 0. The van der Waals surface area contributed by atoms with Crippen molar-refractivity contribution in [3.05, 3.63) is 35.4 Å². The van der Waals surface area contributed by atoms with E-state index in [1.165, 1.54) is 0 Å². The van der Waals surface area contributed by atoms with Crippen LogP contribution in [0.3, 0.4) is 0 Å². The van der Waals surface area contributed by atoms with Gasteiger partial charge in [0.2, 0.25) is 5.91 Å². The predicted octanol–water partition coefficient (Wildman–Crippen LogP) is 2.30. The first kappa shape index (κ1) is 19.4. The van der Waals surface area contributed by atoms with Gasteiger partial charge in [0, 0.05) is 36.5 Å². The lowest BCUT2D eigenvalue weighted by molar-refractivity contribution is -0.154. The molecule has 1 aromatic carbocycles. The zero-order chi connectivity index (χ0) is 19.4. The molecule has 1 N–H and O–H groups in total. The topological polar surface area (TPSA) is 73.6 Å². The SMILES string of the molecule is CC(C)C#Cc1ccc([C@@H]2[C@@H](CO)N(C(=O)C3CCOCC3)[C@H]2C#N)cc1. The molecular formula is C22H26N2O3. The fraction of sp³-hybridized carbons (Fsp3) is 0.545. The first-order valence-corrected chi connectivity index (χ1v) is 9.58. The van der Waals surface area contributed by atoms with Crippen LogP contribution in [0.1, 0.15) is 43.7 Å². The molecule has 2 saturated heterocycles. The Kier molecular flexibility index (Phi) is 6.16. The highest BCUT2D eigenvalue weighted by molar-refractivity contribution is 5.81. The van der Waals surface area contributed by atoms with Gasteiger partial charge < -0.3 is 14.7 Å². The minimum Gasteiger partial charge on any atom is -0.394 e. The van der Waals surface area contributed by atoms with E-state index in [4.69, 9.17) is 4.74 Å². The molecule has 0 saturated carbocycles. The van der Waals surface area contributed by atoms with Crippen molar-refractivity contribution < 1.29 is 14.6 Å². The summed E-state index contributed by atoms with van der Waals surface area (Å²) in [5, 5.41) is 19.6. The molecule has 27 heavy (non-hydrogen) atoms. The summed E-state index contributed by atoms with van der Waals surface area (Å²) in [6, 6.07) is 9.18. The van der Waals surface area contributed by atoms with E-state index in [2.05, 4.69) is 17.9 Å². The number of nitriles is 1. The largest absolute Gasteiger partial charge is 0.394 e.